The maximum Gasteiger partial charge on any atom is 0.226 e. The number of benzene rings is 1. The summed E-state index contributed by atoms with van der Waals surface area (Å²) in [6.07, 6.45) is 8.90. The molecule has 0 unspecified atom stereocenters. The predicted molar refractivity (Wildman–Crippen MR) is 123 cm³/mol. The zero-order valence-electron chi connectivity index (χ0n) is 19.2. The number of nitriles is 1. The van der Waals surface area contributed by atoms with Gasteiger partial charge in [0, 0.05) is 38.3 Å². The molecule has 3 fully saturated rings. The fraction of sp³-hybridized carbons (Fsp3) is 0.692. The van der Waals surface area contributed by atoms with Crippen molar-refractivity contribution >= 4 is 5.91 Å². The van der Waals surface area contributed by atoms with E-state index in [9.17, 15) is 4.79 Å². The lowest BCUT2D eigenvalue weighted by Crippen LogP contribution is -2.50. The van der Waals surface area contributed by atoms with Crippen LogP contribution < -0.4 is 4.74 Å². The minimum absolute atomic E-state index is 0.168. The highest BCUT2D eigenvalue weighted by Crippen LogP contribution is 2.32. The summed E-state index contributed by atoms with van der Waals surface area (Å²) in [5.41, 5.74) is 0.631. The van der Waals surface area contributed by atoms with Crippen molar-refractivity contribution in [3.63, 3.8) is 0 Å². The molecule has 32 heavy (non-hydrogen) atoms. The van der Waals surface area contributed by atoms with Crippen LogP contribution in [0.3, 0.4) is 0 Å². The van der Waals surface area contributed by atoms with Gasteiger partial charge in [0.25, 0.3) is 0 Å². The number of hydrogen-bond acceptors (Lipinski definition) is 5. The maximum absolute atomic E-state index is 13.4. The quantitative estimate of drug-likeness (QED) is 0.674. The Morgan fingerprint density at radius 1 is 1.06 bits per heavy atom. The minimum atomic E-state index is 0.168. The second-order valence-electron chi connectivity index (χ2n) is 9.50. The van der Waals surface area contributed by atoms with E-state index in [2.05, 4.69) is 15.9 Å². The molecule has 1 aromatic carbocycles. The van der Waals surface area contributed by atoms with Crippen LogP contribution in [-0.4, -0.2) is 67.7 Å². The summed E-state index contributed by atoms with van der Waals surface area (Å²) in [5, 5.41) is 9.02. The zero-order chi connectivity index (χ0) is 22.2. The molecule has 3 heterocycles. The van der Waals surface area contributed by atoms with Crippen molar-refractivity contribution in [3.8, 4) is 11.8 Å². The van der Waals surface area contributed by atoms with E-state index in [1.165, 1.54) is 12.8 Å². The second-order valence-corrected chi connectivity index (χ2v) is 9.50. The lowest BCUT2D eigenvalue weighted by atomic mass is 9.85. The fourth-order valence-corrected chi connectivity index (χ4v) is 5.59. The normalized spacial score (nSPS) is 24.0. The maximum atomic E-state index is 13.4. The van der Waals surface area contributed by atoms with E-state index in [4.69, 9.17) is 14.7 Å². The molecule has 3 aliphatic rings. The average molecular weight is 440 g/mol. The first-order chi connectivity index (χ1) is 15.7. The second kappa shape index (κ2) is 11.7. The standard InChI is InChI=1S/C26H37N3O3/c27-20-21-5-4-6-24(19-21)32-18-15-28-13-8-22(9-14-28)25-7-2-1-3-12-29(25)26(30)23-10-16-31-17-11-23/h4-6,19,22-23,25H,1-3,7-18H2/t25-/m0/s1. The summed E-state index contributed by atoms with van der Waals surface area (Å²) in [7, 11) is 0. The van der Waals surface area contributed by atoms with Gasteiger partial charge in [-0.3, -0.25) is 9.69 Å². The van der Waals surface area contributed by atoms with Gasteiger partial charge in [-0.25, -0.2) is 0 Å². The van der Waals surface area contributed by atoms with E-state index in [1.54, 1.807) is 12.1 Å². The summed E-state index contributed by atoms with van der Waals surface area (Å²) in [4.78, 5) is 18.1. The van der Waals surface area contributed by atoms with Gasteiger partial charge >= 0.3 is 0 Å². The molecular formula is C26H37N3O3. The average Bonchev–Trinajstić information content (AvgIpc) is 3.11. The Labute approximate surface area is 192 Å². The third kappa shape index (κ3) is 6.02. The highest BCUT2D eigenvalue weighted by Gasteiger charge is 2.36. The summed E-state index contributed by atoms with van der Waals surface area (Å²) in [6, 6.07) is 9.93. The first-order valence-corrected chi connectivity index (χ1v) is 12.5. The van der Waals surface area contributed by atoms with Gasteiger partial charge in [-0.1, -0.05) is 18.9 Å². The Hall–Kier alpha value is -2.10. The molecule has 0 spiro atoms. The molecule has 3 saturated heterocycles. The highest BCUT2D eigenvalue weighted by atomic mass is 16.5. The monoisotopic (exact) mass is 439 g/mol. The Bertz CT molecular complexity index is 779. The van der Waals surface area contributed by atoms with Crippen LogP contribution in [0.15, 0.2) is 24.3 Å². The molecular weight excluding hydrogens is 402 g/mol. The Kier molecular flexibility index (Phi) is 8.42. The van der Waals surface area contributed by atoms with E-state index in [1.807, 2.05) is 12.1 Å². The first kappa shape index (κ1) is 23.1. The molecule has 1 atom stereocenters. The van der Waals surface area contributed by atoms with Gasteiger partial charge in [0.2, 0.25) is 5.91 Å². The number of carbonyl (C=O) groups excluding carboxylic acids is 1. The number of piperidine rings is 1. The van der Waals surface area contributed by atoms with Crippen molar-refractivity contribution in [3.05, 3.63) is 29.8 Å². The number of carbonyl (C=O) groups is 1. The van der Waals surface area contributed by atoms with Crippen LogP contribution in [0.1, 0.15) is 56.9 Å². The van der Waals surface area contributed by atoms with Gasteiger partial charge in [0.15, 0.2) is 0 Å². The number of likely N-dealkylation sites (tertiary alicyclic amines) is 2. The molecule has 0 bridgehead atoms. The van der Waals surface area contributed by atoms with Gasteiger partial charge in [-0.15, -0.1) is 0 Å². The van der Waals surface area contributed by atoms with Crippen LogP contribution in [0.2, 0.25) is 0 Å². The van der Waals surface area contributed by atoms with Crippen molar-refractivity contribution in [2.24, 2.45) is 11.8 Å². The molecule has 0 saturated carbocycles. The van der Waals surface area contributed by atoms with Crippen LogP contribution in [0.25, 0.3) is 0 Å². The van der Waals surface area contributed by atoms with Crippen LogP contribution >= 0.6 is 0 Å². The summed E-state index contributed by atoms with van der Waals surface area (Å²) in [5.74, 6) is 1.94. The molecule has 1 aromatic rings. The van der Waals surface area contributed by atoms with Gasteiger partial charge in [0.05, 0.1) is 11.6 Å². The lowest BCUT2D eigenvalue weighted by Gasteiger charge is -2.42. The third-order valence-electron chi connectivity index (χ3n) is 7.47. The number of hydrogen-bond donors (Lipinski definition) is 0. The number of rotatable bonds is 6. The minimum Gasteiger partial charge on any atom is -0.492 e. The predicted octanol–water partition coefficient (Wildman–Crippen LogP) is 3.85. The largest absolute Gasteiger partial charge is 0.492 e. The van der Waals surface area contributed by atoms with Crippen molar-refractivity contribution < 1.29 is 14.3 Å². The molecule has 0 radical (unpaired) electrons. The van der Waals surface area contributed by atoms with E-state index < -0.39 is 0 Å². The van der Waals surface area contributed by atoms with Gasteiger partial charge < -0.3 is 14.4 Å². The van der Waals surface area contributed by atoms with Crippen LogP contribution in [-0.2, 0) is 9.53 Å². The van der Waals surface area contributed by atoms with Crippen molar-refractivity contribution in [1.29, 1.82) is 5.26 Å². The smallest absolute Gasteiger partial charge is 0.226 e. The number of ether oxygens (including phenoxy) is 2. The topological polar surface area (TPSA) is 65.8 Å². The summed E-state index contributed by atoms with van der Waals surface area (Å²) >= 11 is 0. The molecule has 3 aliphatic heterocycles. The van der Waals surface area contributed by atoms with E-state index in [0.717, 1.165) is 83.7 Å². The van der Waals surface area contributed by atoms with Gasteiger partial charge in [0.1, 0.15) is 12.4 Å². The summed E-state index contributed by atoms with van der Waals surface area (Å²) < 4.78 is 11.4. The van der Waals surface area contributed by atoms with E-state index >= 15 is 0 Å². The van der Waals surface area contributed by atoms with Crippen molar-refractivity contribution in [2.45, 2.75) is 57.4 Å². The third-order valence-corrected chi connectivity index (χ3v) is 7.47. The Morgan fingerprint density at radius 3 is 2.66 bits per heavy atom. The zero-order valence-corrected chi connectivity index (χ0v) is 19.2. The van der Waals surface area contributed by atoms with Crippen LogP contribution in [0, 0.1) is 23.2 Å². The van der Waals surface area contributed by atoms with E-state index in [0.29, 0.717) is 30.0 Å². The van der Waals surface area contributed by atoms with E-state index in [-0.39, 0.29) is 5.92 Å². The molecule has 174 valence electrons. The first-order valence-electron chi connectivity index (χ1n) is 12.5. The fourth-order valence-electron chi connectivity index (χ4n) is 5.59. The van der Waals surface area contributed by atoms with Crippen LogP contribution in [0.4, 0.5) is 0 Å². The highest BCUT2D eigenvalue weighted by molar-refractivity contribution is 5.79. The number of amides is 1. The van der Waals surface area contributed by atoms with Crippen molar-refractivity contribution in [2.75, 3.05) is 46.0 Å². The lowest BCUT2D eigenvalue weighted by molar-refractivity contribution is -0.142. The molecule has 0 aliphatic carbocycles. The SMILES string of the molecule is N#Cc1cccc(OCCN2CCC([C@@H]3CCCCCN3C(=O)C3CCOCC3)CC2)c1. The van der Waals surface area contributed by atoms with Crippen LogP contribution in [0.5, 0.6) is 5.75 Å². The molecule has 1 amide bonds. The number of nitrogens with zero attached hydrogens (tertiary/aromatic N) is 3. The molecule has 0 N–H and O–H groups in total. The molecule has 0 aromatic heterocycles. The van der Waals surface area contributed by atoms with Gasteiger partial charge in [-0.05, 0) is 75.7 Å². The molecule has 6 heteroatoms. The Balaban J connectivity index is 1.26. The van der Waals surface area contributed by atoms with Crippen molar-refractivity contribution in [1.82, 2.24) is 9.80 Å². The molecule has 4 rings (SSSR count). The summed E-state index contributed by atoms with van der Waals surface area (Å²) in [6.45, 7) is 6.09. The molecule has 6 nitrogen and oxygen atoms in total. The van der Waals surface area contributed by atoms with Gasteiger partial charge in [-0.2, -0.15) is 5.26 Å². The Morgan fingerprint density at radius 2 is 1.88 bits per heavy atom.